The zero-order valence-electron chi connectivity index (χ0n) is 16.3. The van der Waals surface area contributed by atoms with Gasteiger partial charge in [0.1, 0.15) is 5.75 Å². The molecule has 1 amide bonds. The number of nitrogens with zero attached hydrogens (tertiary/aromatic N) is 1. The Morgan fingerprint density at radius 2 is 1.79 bits per heavy atom. The van der Waals surface area contributed by atoms with Gasteiger partial charge in [0.05, 0.1) is 13.7 Å². The van der Waals surface area contributed by atoms with Crippen LogP contribution >= 0.6 is 0 Å². The smallest absolute Gasteiger partial charge is 0.227 e. The summed E-state index contributed by atoms with van der Waals surface area (Å²) in [6.07, 6.45) is 5.51. The van der Waals surface area contributed by atoms with Crippen molar-refractivity contribution in [3.05, 3.63) is 54.1 Å². The maximum atomic E-state index is 12.4. The van der Waals surface area contributed by atoms with E-state index in [1.807, 2.05) is 48.5 Å². The highest BCUT2D eigenvalue weighted by Gasteiger charge is 2.20. The number of guanidine groups is 1. The minimum atomic E-state index is 0.125. The molecular weight excluding hydrogens is 352 g/mol. The van der Waals surface area contributed by atoms with Crippen molar-refractivity contribution in [3.63, 3.8) is 0 Å². The number of rotatable bonds is 6. The van der Waals surface area contributed by atoms with Gasteiger partial charge in [-0.25, -0.2) is 4.99 Å². The predicted octanol–water partition coefficient (Wildman–Crippen LogP) is 4.14. The summed E-state index contributed by atoms with van der Waals surface area (Å²) in [5.74, 6) is 1.33. The van der Waals surface area contributed by atoms with Crippen LogP contribution in [0.15, 0.2) is 53.5 Å². The van der Waals surface area contributed by atoms with Crippen molar-refractivity contribution in [2.75, 3.05) is 17.7 Å². The highest BCUT2D eigenvalue weighted by molar-refractivity contribution is 5.93. The molecule has 0 unspecified atom stereocenters. The van der Waals surface area contributed by atoms with Crippen LogP contribution in [0.4, 0.5) is 11.4 Å². The molecule has 0 bridgehead atoms. The van der Waals surface area contributed by atoms with Gasteiger partial charge < -0.3 is 21.1 Å². The summed E-state index contributed by atoms with van der Waals surface area (Å²) in [7, 11) is 1.62. The van der Waals surface area contributed by atoms with Crippen molar-refractivity contribution in [3.8, 4) is 5.75 Å². The molecule has 3 rings (SSSR count). The van der Waals surface area contributed by atoms with Gasteiger partial charge in [0, 0.05) is 23.4 Å². The summed E-state index contributed by atoms with van der Waals surface area (Å²) in [4.78, 5) is 16.8. The molecule has 148 valence electrons. The summed E-state index contributed by atoms with van der Waals surface area (Å²) < 4.78 is 5.20. The van der Waals surface area contributed by atoms with Crippen molar-refractivity contribution in [1.82, 2.24) is 0 Å². The average Bonchev–Trinajstić information content (AvgIpc) is 2.73. The number of hydrogen-bond donors (Lipinski definition) is 3. The van der Waals surface area contributed by atoms with Gasteiger partial charge in [-0.15, -0.1) is 0 Å². The molecule has 28 heavy (non-hydrogen) atoms. The van der Waals surface area contributed by atoms with Gasteiger partial charge in [-0.2, -0.15) is 0 Å². The molecule has 0 aliphatic heterocycles. The van der Waals surface area contributed by atoms with Gasteiger partial charge in [-0.05, 0) is 42.7 Å². The van der Waals surface area contributed by atoms with Crippen molar-refractivity contribution in [2.24, 2.45) is 16.6 Å². The fourth-order valence-corrected chi connectivity index (χ4v) is 3.42. The summed E-state index contributed by atoms with van der Waals surface area (Å²) in [6.45, 7) is 0.427. The van der Waals surface area contributed by atoms with E-state index in [-0.39, 0.29) is 11.8 Å². The van der Waals surface area contributed by atoms with Crippen LogP contribution in [-0.2, 0) is 11.3 Å². The van der Waals surface area contributed by atoms with E-state index in [1.54, 1.807) is 7.11 Å². The Morgan fingerprint density at radius 1 is 1.07 bits per heavy atom. The van der Waals surface area contributed by atoms with Crippen LogP contribution in [0.3, 0.4) is 0 Å². The van der Waals surface area contributed by atoms with Gasteiger partial charge in [-0.3, -0.25) is 4.79 Å². The number of ether oxygens (including phenoxy) is 1. The first kappa shape index (κ1) is 19.7. The molecule has 6 heteroatoms. The third-order valence-electron chi connectivity index (χ3n) is 4.94. The van der Waals surface area contributed by atoms with Crippen LogP contribution in [-0.4, -0.2) is 19.0 Å². The lowest BCUT2D eigenvalue weighted by Crippen LogP contribution is -2.24. The van der Waals surface area contributed by atoms with Crippen molar-refractivity contribution in [2.45, 2.75) is 38.6 Å². The third-order valence-corrected chi connectivity index (χ3v) is 4.94. The van der Waals surface area contributed by atoms with Gasteiger partial charge >= 0.3 is 0 Å². The average molecular weight is 380 g/mol. The Balaban J connectivity index is 1.57. The number of nitrogens with two attached hydrogens (primary N) is 1. The second kappa shape index (κ2) is 9.78. The van der Waals surface area contributed by atoms with Gasteiger partial charge in [-0.1, -0.05) is 37.5 Å². The standard InChI is InChI=1S/C22H28N4O2/c1-28-20-12-6-11-19(14-20)26-22(23)24-15-16-7-5-10-18(13-16)25-21(27)17-8-3-2-4-9-17/h5-7,10-14,17H,2-4,8-9,15H2,1H3,(H,25,27)(H3,23,24,26). The summed E-state index contributed by atoms with van der Waals surface area (Å²) >= 11 is 0. The molecule has 0 aromatic heterocycles. The van der Waals surface area contributed by atoms with E-state index in [9.17, 15) is 4.79 Å². The van der Waals surface area contributed by atoms with Crippen LogP contribution < -0.4 is 21.1 Å². The Morgan fingerprint density at radius 3 is 2.54 bits per heavy atom. The van der Waals surface area contributed by atoms with E-state index in [0.717, 1.165) is 48.4 Å². The minimum Gasteiger partial charge on any atom is -0.497 e. The maximum Gasteiger partial charge on any atom is 0.227 e. The number of hydrogen-bond acceptors (Lipinski definition) is 3. The molecular formula is C22H28N4O2. The number of methoxy groups -OCH3 is 1. The van der Waals surface area contributed by atoms with Crippen molar-refractivity contribution >= 4 is 23.2 Å². The van der Waals surface area contributed by atoms with Crippen LogP contribution in [0.1, 0.15) is 37.7 Å². The van der Waals surface area contributed by atoms with Crippen LogP contribution in [0, 0.1) is 5.92 Å². The zero-order valence-corrected chi connectivity index (χ0v) is 16.3. The first-order chi connectivity index (χ1) is 13.6. The molecule has 0 heterocycles. The molecule has 2 aromatic carbocycles. The molecule has 1 aliphatic rings. The lowest BCUT2D eigenvalue weighted by molar-refractivity contribution is -0.120. The molecule has 1 fully saturated rings. The van der Waals surface area contributed by atoms with Crippen LogP contribution in [0.25, 0.3) is 0 Å². The molecule has 0 spiro atoms. The fourth-order valence-electron chi connectivity index (χ4n) is 3.42. The quantitative estimate of drug-likeness (QED) is 0.519. The Kier molecular flexibility index (Phi) is 6.89. The maximum absolute atomic E-state index is 12.4. The molecule has 1 saturated carbocycles. The third kappa shape index (κ3) is 5.74. The lowest BCUT2D eigenvalue weighted by Gasteiger charge is -2.20. The molecule has 4 N–H and O–H groups in total. The van der Waals surface area contributed by atoms with E-state index in [4.69, 9.17) is 10.5 Å². The number of carbonyl (C=O) groups excluding carboxylic acids is 1. The van der Waals surface area contributed by atoms with E-state index in [2.05, 4.69) is 15.6 Å². The van der Waals surface area contributed by atoms with Crippen LogP contribution in [0.5, 0.6) is 5.75 Å². The van der Waals surface area contributed by atoms with E-state index >= 15 is 0 Å². The molecule has 6 nitrogen and oxygen atoms in total. The second-order valence-electron chi connectivity index (χ2n) is 7.08. The lowest BCUT2D eigenvalue weighted by atomic mass is 9.88. The summed E-state index contributed by atoms with van der Waals surface area (Å²) in [6, 6.07) is 15.2. The summed E-state index contributed by atoms with van der Waals surface area (Å²) in [5.41, 5.74) is 8.59. The molecule has 0 atom stereocenters. The topological polar surface area (TPSA) is 88.7 Å². The largest absolute Gasteiger partial charge is 0.497 e. The first-order valence-corrected chi connectivity index (χ1v) is 9.75. The SMILES string of the molecule is COc1cccc(NC(N)=NCc2cccc(NC(=O)C3CCCCC3)c2)c1. The zero-order chi connectivity index (χ0) is 19.8. The number of amides is 1. The first-order valence-electron chi connectivity index (χ1n) is 9.75. The number of nitrogens with one attached hydrogen (secondary N) is 2. The molecule has 0 radical (unpaired) electrons. The van der Waals surface area contributed by atoms with E-state index in [1.165, 1.54) is 6.42 Å². The minimum absolute atomic E-state index is 0.125. The Hall–Kier alpha value is -3.02. The van der Waals surface area contributed by atoms with E-state index < -0.39 is 0 Å². The Labute approximate surface area is 166 Å². The van der Waals surface area contributed by atoms with Gasteiger partial charge in [0.2, 0.25) is 5.91 Å². The van der Waals surface area contributed by atoms with E-state index in [0.29, 0.717) is 12.5 Å². The van der Waals surface area contributed by atoms with Crippen LogP contribution in [0.2, 0.25) is 0 Å². The highest BCUT2D eigenvalue weighted by atomic mass is 16.5. The molecule has 2 aromatic rings. The van der Waals surface area contributed by atoms with Crippen molar-refractivity contribution in [1.29, 1.82) is 0 Å². The van der Waals surface area contributed by atoms with Gasteiger partial charge in [0.25, 0.3) is 0 Å². The van der Waals surface area contributed by atoms with Gasteiger partial charge in [0.15, 0.2) is 5.96 Å². The monoisotopic (exact) mass is 380 g/mol. The predicted molar refractivity (Wildman–Crippen MR) is 114 cm³/mol. The number of benzene rings is 2. The second-order valence-corrected chi connectivity index (χ2v) is 7.08. The number of aliphatic imine (C=N–C) groups is 1. The van der Waals surface area contributed by atoms with Crippen molar-refractivity contribution < 1.29 is 9.53 Å². The normalized spacial score (nSPS) is 15.1. The Bertz CT molecular complexity index is 829. The summed E-state index contributed by atoms with van der Waals surface area (Å²) in [5, 5.41) is 6.10. The number of anilines is 2. The highest BCUT2D eigenvalue weighted by Crippen LogP contribution is 2.25. The number of carbonyl (C=O) groups is 1. The molecule has 0 saturated heterocycles. The fraction of sp³-hybridized carbons (Fsp3) is 0.364. The molecule has 1 aliphatic carbocycles.